The largest absolute Gasteiger partial charge is 0.466 e. The van der Waals surface area contributed by atoms with Crippen molar-refractivity contribution in [3.05, 3.63) is 108 Å². The molecule has 0 saturated carbocycles. The molecule has 0 bridgehead atoms. The first kappa shape index (κ1) is 25.6. The summed E-state index contributed by atoms with van der Waals surface area (Å²) >= 11 is 6.26. The van der Waals surface area contributed by atoms with Crippen LogP contribution in [0.1, 0.15) is 11.5 Å². The van der Waals surface area contributed by atoms with Crippen molar-refractivity contribution in [3.63, 3.8) is 0 Å². The average Bonchev–Trinajstić information content (AvgIpc) is 2.85. The zero-order valence-corrected chi connectivity index (χ0v) is 20.3. The molecule has 0 radical (unpaired) electrons. The minimum Gasteiger partial charge on any atom is -0.466 e. The fourth-order valence-electron chi connectivity index (χ4n) is 3.52. The molecule has 0 N–H and O–H groups in total. The zero-order valence-electron chi connectivity index (χ0n) is 17.9. The van der Waals surface area contributed by atoms with Gasteiger partial charge in [0.1, 0.15) is 0 Å². The maximum Gasteiger partial charge on any atom is 0.333 e. The maximum absolute atomic E-state index is 17.5. The van der Waals surface area contributed by atoms with Gasteiger partial charge >= 0.3 is 10.3 Å². The second-order valence-electron chi connectivity index (χ2n) is 7.19. The number of carbonyl (C=O) groups is 1. The van der Waals surface area contributed by atoms with Gasteiger partial charge in [0.2, 0.25) is 19.7 Å². The van der Waals surface area contributed by atoms with E-state index in [1.54, 1.807) is 0 Å². The van der Waals surface area contributed by atoms with E-state index in [1.165, 1.54) is 60.7 Å². The van der Waals surface area contributed by atoms with Crippen molar-refractivity contribution in [1.29, 1.82) is 0 Å². The van der Waals surface area contributed by atoms with Gasteiger partial charge in [-0.15, -0.1) is 0 Å². The smallest absolute Gasteiger partial charge is 0.333 e. The molecule has 1 atom stereocenters. The van der Waals surface area contributed by atoms with Gasteiger partial charge in [-0.1, -0.05) is 72.8 Å². The Morgan fingerprint density at radius 1 is 0.853 bits per heavy atom. The number of rotatable bonds is 8. The molecular formula is C24H20ClFO6S2. The number of hydrogen-bond donors (Lipinski definition) is 0. The molecule has 6 nitrogen and oxygen atoms in total. The Morgan fingerprint density at radius 3 is 1.68 bits per heavy atom. The van der Waals surface area contributed by atoms with Gasteiger partial charge in [0, 0.05) is 10.6 Å². The average molecular weight is 523 g/mol. The Hall–Kier alpha value is -3.01. The van der Waals surface area contributed by atoms with E-state index in [4.69, 9.17) is 11.6 Å². The lowest BCUT2D eigenvalue weighted by molar-refractivity contribution is -0.136. The summed E-state index contributed by atoms with van der Waals surface area (Å²) in [5, 5.41) is -0.161. The summed E-state index contributed by atoms with van der Waals surface area (Å²) in [6, 6.07) is 18.0. The highest BCUT2D eigenvalue weighted by molar-refractivity contribution is 8.10. The van der Waals surface area contributed by atoms with E-state index in [1.807, 2.05) is 0 Å². The summed E-state index contributed by atoms with van der Waals surface area (Å²) in [5.41, 5.74) is -1.00. The molecule has 3 rings (SSSR count). The van der Waals surface area contributed by atoms with Gasteiger partial charge < -0.3 is 4.74 Å². The van der Waals surface area contributed by atoms with Crippen molar-refractivity contribution in [2.45, 2.75) is 20.0 Å². The number of halogens is 2. The normalized spacial score (nSPS) is 13.1. The second-order valence-corrected chi connectivity index (χ2v) is 12.0. The Morgan fingerprint density at radius 2 is 1.26 bits per heavy atom. The Kier molecular flexibility index (Phi) is 7.30. The number of hydrogen-bond acceptors (Lipinski definition) is 6. The van der Waals surface area contributed by atoms with Crippen LogP contribution in [0.15, 0.2) is 107 Å². The first-order chi connectivity index (χ1) is 16.0. The van der Waals surface area contributed by atoms with Crippen LogP contribution in [0, 0.1) is 0 Å². The molecular weight excluding hydrogens is 503 g/mol. The number of ether oxygens (including phenoxy) is 1. The molecule has 0 saturated heterocycles. The molecule has 0 aromatic heterocycles. The van der Waals surface area contributed by atoms with Gasteiger partial charge in [-0.3, -0.25) is 0 Å². The van der Waals surface area contributed by atoms with Crippen molar-refractivity contribution in [2.24, 2.45) is 0 Å². The van der Waals surface area contributed by atoms with Crippen LogP contribution in [0.3, 0.4) is 0 Å². The van der Waals surface area contributed by atoms with E-state index >= 15 is 4.39 Å². The number of alkyl halides is 1. The molecule has 178 valence electrons. The predicted octanol–water partition coefficient (Wildman–Crippen LogP) is 4.72. The van der Waals surface area contributed by atoms with Crippen molar-refractivity contribution < 1.29 is 30.8 Å². The first-order valence-corrected chi connectivity index (χ1v) is 13.1. The number of sulfone groups is 2. The molecule has 10 heteroatoms. The fourth-order valence-corrected chi connectivity index (χ4v) is 8.33. The van der Waals surface area contributed by atoms with Crippen LogP contribution in [0.2, 0.25) is 5.02 Å². The molecule has 3 aromatic carbocycles. The Bertz CT molecular complexity index is 1350. The van der Waals surface area contributed by atoms with Gasteiger partial charge in [0.15, 0.2) is 0 Å². The monoisotopic (exact) mass is 522 g/mol. The van der Waals surface area contributed by atoms with Crippen LogP contribution in [-0.4, -0.2) is 34.2 Å². The number of carbonyl (C=O) groups excluding carboxylic acids is 1. The van der Waals surface area contributed by atoms with Crippen LogP contribution in [0.4, 0.5) is 4.39 Å². The minimum atomic E-state index is -5.34. The van der Waals surface area contributed by atoms with Crippen LogP contribution < -0.4 is 0 Å². The van der Waals surface area contributed by atoms with E-state index in [0.29, 0.717) is 0 Å². The molecule has 0 unspecified atom stereocenters. The highest BCUT2D eigenvalue weighted by Gasteiger charge is 2.64. The van der Waals surface area contributed by atoms with E-state index in [0.717, 1.165) is 31.4 Å². The van der Waals surface area contributed by atoms with Crippen LogP contribution in [0.25, 0.3) is 0 Å². The predicted molar refractivity (Wildman–Crippen MR) is 126 cm³/mol. The summed E-state index contributed by atoms with van der Waals surface area (Å²) in [6.07, 6.45) is 0. The van der Waals surface area contributed by atoms with Gasteiger partial charge in [-0.25, -0.2) is 26.0 Å². The first-order valence-electron chi connectivity index (χ1n) is 9.80. The van der Waals surface area contributed by atoms with Crippen LogP contribution >= 0.6 is 11.6 Å². The molecule has 0 aliphatic carbocycles. The van der Waals surface area contributed by atoms with E-state index in [9.17, 15) is 21.6 Å². The molecule has 0 amide bonds. The summed E-state index contributed by atoms with van der Waals surface area (Å²) in [5.74, 6) is -3.46. The lowest BCUT2D eigenvalue weighted by atomic mass is 9.92. The van der Waals surface area contributed by atoms with Crippen molar-refractivity contribution in [1.82, 2.24) is 0 Å². The number of esters is 1. The van der Waals surface area contributed by atoms with Gasteiger partial charge in [0.05, 0.1) is 22.8 Å². The number of methoxy groups -OCH3 is 1. The van der Waals surface area contributed by atoms with Crippen LogP contribution in [-0.2, 0) is 29.2 Å². The van der Waals surface area contributed by atoms with E-state index in [-0.39, 0.29) is 10.6 Å². The quantitative estimate of drug-likeness (QED) is 0.314. The lowest BCUT2D eigenvalue weighted by Crippen LogP contribution is -2.49. The third-order valence-electron chi connectivity index (χ3n) is 5.20. The fraction of sp³-hybridized carbons (Fsp3) is 0.125. The lowest BCUT2D eigenvalue weighted by Gasteiger charge is -2.34. The second kappa shape index (κ2) is 9.69. The standard InChI is InChI=1S/C24H20ClFO6S2/c1-17(23(27)32-2)22(20-15-9-10-16-21(20)25)24(26,33(28,29)18-11-5-3-6-12-18)34(30,31)19-13-7-4-8-14-19/h3-16,22H,1H2,2H3/t22-/m0/s1. The highest BCUT2D eigenvalue weighted by Crippen LogP contribution is 2.51. The topological polar surface area (TPSA) is 94.6 Å². The van der Waals surface area contributed by atoms with Gasteiger partial charge in [-0.2, -0.15) is 0 Å². The summed E-state index contributed by atoms with van der Waals surface area (Å²) in [4.78, 5) is 11.3. The van der Waals surface area contributed by atoms with E-state index < -0.39 is 51.3 Å². The highest BCUT2D eigenvalue weighted by atomic mass is 35.5. The summed E-state index contributed by atoms with van der Waals surface area (Å²) in [7, 11) is -9.70. The summed E-state index contributed by atoms with van der Waals surface area (Å²) < 4.78 is 73.3. The van der Waals surface area contributed by atoms with Crippen LogP contribution in [0.5, 0.6) is 0 Å². The van der Waals surface area contributed by atoms with Crippen molar-refractivity contribution >= 4 is 37.2 Å². The number of benzene rings is 3. The zero-order chi connectivity index (χ0) is 25.1. The molecule has 0 aliphatic rings. The maximum atomic E-state index is 17.5. The molecule has 0 aliphatic heterocycles. The Balaban J connectivity index is 2.50. The SMILES string of the molecule is C=C(C(=O)OC)[C@@H](c1ccccc1Cl)C(F)(S(=O)(=O)c1ccccc1)S(=O)(=O)c1ccccc1. The third-order valence-corrected chi connectivity index (χ3v) is 10.6. The van der Waals surface area contributed by atoms with E-state index in [2.05, 4.69) is 11.3 Å². The third kappa shape index (κ3) is 4.15. The molecule has 3 aromatic rings. The van der Waals surface area contributed by atoms with Crippen molar-refractivity contribution in [2.75, 3.05) is 7.11 Å². The molecule has 0 spiro atoms. The van der Waals surface area contributed by atoms with Gasteiger partial charge in [0.25, 0.3) is 0 Å². The van der Waals surface area contributed by atoms with Gasteiger partial charge in [-0.05, 0) is 35.9 Å². The molecule has 0 heterocycles. The molecule has 0 fully saturated rings. The summed E-state index contributed by atoms with van der Waals surface area (Å²) in [6.45, 7) is 3.52. The van der Waals surface area contributed by atoms with Crippen molar-refractivity contribution in [3.8, 4) is 0 Å². The Labute approximate surface area is 202 Å². The minimum absolute atomic E-state index is 0.161. The molecule has 34 heavy (non-hydrogen) atoms.